The third-order valence-corrected chi connectivity index (χ3v) is 4.06. The van der Waals surface area contributed by atoms with E-state index in [2.05, 4.69) is 15.3 Å². The summed E-state index contributed by atoms with van der Waals surface area (Å²) in [7, 11) is 1.75. The van der Waals surface area contributed by atoms with Crippen molar-refractivity contribution in [1.29, 1.82) is 0 Å². The zero-order valence-electron chi connectivity index (χ0n) is 14.9. The molecule has 0 aliphatic heterocycles. The number of aromatic nitrogens is 2. The number of pyridine rings is 2. The zero-order chi connectivity index (χ0) is 18.2. The number of nitrogens with one attached hydrogen (secondary N) is 1. The maximum atomic E-state index is 12.6. The number of rotatable bonds is 7. The molecule has 132 valence electrons. The fourth-order valence-electron chi connectivity index (χ4n) is 2.26. The molecule has 25 heavy (non-hydrogen) atoms. The van der Waals surface area contributed by atoms with Crippen molar-refractivity contribution in [2.45, 2.75) is 32.7 Å². The SMILES string of the molecule is CCC(C)NC(=O)c1cc(C(=O)N(C)CCc2ccncc2)ccn1. The van der Waals surface area contributed by atoms with Crippen LogP contribution in [0.4, 0.5) is 0 Å². The Morgan fingerprint density at radius 2 is 1.92 bits per heavy atom. The first-order chi connectivity index (χ1) is 12.0. The molecule has 1 atom stereocenters. The molecule has 0 aliphatic rings. The molecule has 0 bridgehead atoms. The van der Waals surface area contributed by atoms with Crippen LogP contribution < -0.4 is 5.32 Å². The number of carbonyl (C=O) groups excluding carboxylic acids is 2. The van der Waals surface area contributed by atoms with Crippen molar-refractivity contribution in [3.8, 4) is 0 Å². The summed E-state index contributed by atoms with van der Waals surface area (Å²) in [6, 6.07) is 7.11. The van der Waals surface area contributed by atoms with Gasteiger partial charge in [-0.3, -0.25) is 19.6 Å². The van der Waals surface area contributed by atoms with Crippen LogP contribution in [0.25, 0.3) is 0 Å². The minimum Gasteiger partial charge on any atom is -0.348 e. The first kappa shape index (κ1) is 18.6. The average molecular weight is 340 g/mol. The van der Waals surface area contributed by atoms with E-state index in [-0.39, 0.29) is 23.6 Å². The van der Waals surface area contributed by atoms with Crippen LogP contribution in [0.2, 0.25) is 0 Å². The molecule has 0 saturated carbocycles. The minimum absolute atomic E-state index is 0.0664. The lowest BCUT2D eigenvalue weighted by Gasteiger charge is -2.17. The maximum Gasteiger partial charge on any atom is 0.270 e. The van der Waals surface area contributed by atoms with Gasteiger partial charge in [0.2, 0.25) is 0 Å². The van der Waals surface area contributed by atoms with Crippen molar-refractivity contribution >= 4 is 11.8 Å². The molecule has 0 spiro atoms. The second-order valence-electron chi connectivity index (χ2n) is 6.04. The summed E-state index contributed by atoms with van der Waals surface area (Å²) in [6.45, 7) is 4.51. The molecule has 2 amide bonds. The van der Waals surface area contributed by atoms with Gasteiger partial charge in [0, 0.05) is 43.8 Å². The van der Waals surface area contributed by atoms with Gasteiger partial charge in [0.25, 0.3) is 11.8 Å². The molecule has 1 unspecified atom stereocenters. The fraction of sp³-hybridized carbons (Fsp3) is 0.368. The Hall–Kier alpha value is -2.76. The van der Waals surface area contributed by atoms with Crippen molar-refractivity contribution in [2.75, 3.05) is 13.6 Å². The monoisotopic (exact) mass is 340 g/mol. The van der Waals surface area contributed by atoms with E-state index in [4.69, 9.17) is 0 Å². The molecule has 0 aliphatic carbocycles. The number of nitrogens with zero attached hydrogens (tertiary/aromatic N) is 3. The van der Waals surface area contributed by atoms with Crippen molar-refractivity contribution in [3.05, 3.63) is 59.7 Å². The second-order valence-corrected chi connectivity index (χ2v) is 6.04. The summed E-state index contributed by atoms with van der Waals surface area (Å²) in [6.07, 6.45) is 6.55. The van der Waals surface area contributed by atoms with Crippen molar-refractivity contribution in [2.24, 2.45) is 0 Å². The van der Waals surface area contributed by atoms with Gasteiger partial charge in [-0.25, -0.2) is 0 Å². The predicted molar refractivity (Wildman–Crippen MR) is 96.4 cm³/mol. The molecular formula is C19H24N4O2. The number of likely N-dealkylation sites (N-methyl/N-ethyl adjacent to an activating group) is 1. The predicted octanol–water partition coefficient (Wildman–Crippen LogP) is 2.32. The van der Waals surface area contributed by atoms with Gasteiger partial charge >= 0.3 is 0 Å². The Morgan fingerprint density at radius 1 is 1.20 bits per heavy atom. The van der Waals surface area contributed by atoms with E-state index in [1.165, 1.54) is 6.20 Å². The van der Waals surface area contributed by atoms with Crippen LogP contribution >= 0.6 is 0 Å². The first-order valence-electron chi connectivity index (χ1n) is 8.42. The number of carbonyl (C=O) groups is 2. The van der Waals surface area contributed by atoms with Crippen LogP contribution in [0.3, 0.4) is 0 Å². The van der Waals surface area contributed by atoms with Gasteiger partial charge in [-0.1, -0.05) is 6.92 Å². The van der Waals surface area contributed by atoms with Crippen LogP contribution in [0, 0.1) is 0 Å². The summed E-state index contributed by atoms with van der Waals surface area (Å²) in [5.41, 5.74) is 1.84. The number of hydrogen-bond acceptors (Lipinski definition) is 4. The van der Waals surface area contributed by atoms with E-state index in [0.717, 1.165) is 18.4 Å². The highest BCUT2D eigenvalue weighted by atomic mass is 16.2. The fourth-order valence-corrected chi connectivity index (χ4v) is 2.26. The van der Waals surface area contributed by atoms with E-state index in [9.17, 15) is 9.59 Å². The quantitative estimate of drug-likeness (QED) is 0.839. The summed E-state index contributed by atoms with van der Waals surface area (Å²) in [4.78, 5) is 34.4. The molecule has 6 heteroatoms. The standard InChI is InChI=1S/C19H24N4O2/c1-4-14(2)22-18(24)17-13-16(7-11-21-17)19(25)23(3)12-8-15-5-9-20-10-6-15/h5-7,9-11,13-14H,4,8,12H2,1-3H3,(H,22,24). The summed E-state index contributed by atoms with van der Waals surface area (Å²) in [5, 5.41) is 2.86. The average Bonchev–Trinajstić information content (AvgIpc) is 2.66. The molecule has 1 N–H and O–H groups in total. The lowest BCUT2D eigenvalue weighted by molar-refractivity contribution is 0.0796. The van der Waals surface area contributed by atoms with Gasteiger partial charge in [-0.2, -0.15) is 0 Å². The van der Waals surface area contributed by atoms with Crippen molar-refractivity contribution < 1.29 is 9.59 Å². The highest BCUT2D eigenvalue weighted by molar-refractivity contribution is 5.98. The molecule has 6 nitrogen and oxygen atoms in total. The lowest BCUT2D eigenvalue weighted by atomic mass is 10.1. The van der Waals surface area contributed by atoms with Gasteiger partial charge in [0.15, 0.2) is 0 Å². The van der Waals surface area contributed by atoms with E-state index in [0.29, 0.717) is 12.1 Å². The van der Waals surface area contributed by atoms with Crippen LogP contribution in [-0.4, -0.2) is 46.3 Å². The highest BCUT2D eigenvalue weighted by Gasteiger charge is 2.16. The molecule has 0 radical (unpaired) electrons. The summed E-state index contributed by atoms with van der Waals surface area (Å²) in [5.74, 6) is -0.391. The Labute approximate surface area is 148 Å². The zero-order valence-corrected chi connectivity index (χ0v) is 14.9. The smallest absolute Gasteiger partial charge is 0.270 e. The second kappa shape index (κ2) is 8.92. The Balaban J connectivity index is 2.01. The van der Waals surface area contributed by atoms with Crippen LogP contribution in [-0.2, 0) is 6.42 Å². The van der Waals surface area contributed by atoms with Gasteiger partial charge in [-0.05, 0) is 49.6 Å². The minimum atomic E-state index is -0.261. The van der Waals surface area contributed by atoms with Crippen molar-refractivity contribution in [3.63, 3.8) is 0 Å². The maximum absolute atomic E-state index is 12.6. The number of amides is 2. The molecule has 0 aromatic carbocycles. The van der Waals surface area contributed by atoms with Crippen LogP contribution in [0.5, 0.6) is 0 Å². The Morgan fingerprint density at radius 3 is 2.60 bits per heavy atom. The normalized spacial score (nSPS) is 11.6. The molecule has 2 aromatic heterocycles. The van der Waals surface area contributed by atoms with Gasteiger partial charge in [0.1, 0.15) is 5.69 Å². The van der Waals surface area contributed by atoms with Crippen LogP contribution in [0.1, 0.15) is 46.7 Å². The molecule has 2 heterocycles. The topological polar surface area (TPSA) is 75.2 Å². The van der Waals surface area contributed by atoms with E-state index < -0.39 is 0 Å². The third kappa shape index (κ3) is 5.38. The van der Waals surface area contributed by atoms with Gasteiger partial charge in [0.05, 0.1) is 0 Å². The molecule has 0 fully saturated rings. The molecule has 2 rings (SSSR count). The molecule has 0 saturated heterocycles. The van der Waals surface area contributed by atoms with Gasteiger partial charge in [-0.15, -0.1) is 0 Å². The third-order valence-electron chi connectivity index (χ3n) is 4.06. The highest BCUT2D eigenvalue weighted by Crippen LogP contribution is 2.07. The van der Waals surface area contributed by atoms with Crippen molar-refractivity contribution in [1.82, 2.24) is 20.2 Å². The summed E-state index contributed by atoms with van der Waals surface area (Å²) >= 11 is 0. The molecule has 2 aromatic rings. The first-order valence-corrected chi connectivity index (χ1v) is 8.42. The van der Waals surface area contributed by atoms with E-state index in [1.54, 1.807) is 36.5 Å². The Kier molecular flexibility index (Phi) is 6.62. The molecular weight excluding hydrogens is 316 g/mol. The largest absolute Gasteiger partial charge is 0.348 e. The summed E-state index contributed by atoms with van der Waals surface area (Å²) < 4.78 is 0. The lowest BCUT2D eigenvalue weighted by Crippen LogP contribution is -2.33. The van der Waals surface area contributed by atoms with Gasteiger partial charge < -0.3 is 10.2 Å². The Bertz CT molecular complexity index is 718. The van der Waals surface area contributed by atoms with E-state index in [1.807, 2.05) is 26.0 Å². The van der Waals surface area contributed by atoms with Crippen LogP contribution in [0.15, 0.2) is 42.9 Å². The van der Waals surface area contributed by atoms with E-state index >= 15 is 0 Å². The number of hydrogen-bond donors (Lipinski definition) is 1.